The zero-order chi connectivity index (χ0) is 30.5. The minimum absolute atomic E-state index is 1.04. The number of nitrogens with zero attached hydrogens (tertiary/aromatic N) is 2. The SMILES string of the molecule is c1ccc2c(-c3ccc4c(-c5ccc(-c6nccs6)cc5)c5ccccc5c(-c5ccc(-c6nccs6)cc5)c4c3)cccc2c1. The number of thiazole rings is 2. The fourth-order valence-corrected chi connectivity index (χ4v) is 8.03. The molecule has 2 nitrogen and oxygen atoms in total. The predicted molar refractivity (Wildman–Crippen MR) is 197 cm³/mol. The lowest BCUT2D eigenvalue weighted by Crippen LogP contribution is -1.92. The molecule has 0 unspecified atom stereocenters. The van der Waals surface area contributed by atoms with E-state index in [9.17, 15) is 0 Å². The molecule has 0 saturated carbocycles. The summed E-state index contributed by atoms with van der Waals surface area (Å²) in [4.78, 5) is 9.07. The fraction of sp³-hybridized carbons (Fsp3) is 0. The zero-order valence-electron chi connectivity index (χ0n) is 24.7. The van der Waals surface area contributed by atoms with Crippen LogP contribution in [0.3, 0.4) is 0 Å². The van der Waals surface area contributed by atoms with Crippen LogP contribution < -0.4 is 0 Å². The summed E-state index contributed by atoms with van der Waals surface area (Å²) >= 11 is 3.34. The lowest BCUT2D eigenvalue weighted by atomic mass is 9.84. The molecule has 0 radical (unpaired) electrons. The fourth-order valence-electron chi connectivity index (χ4n) is 6.74. The van der Waals surface area contributed by atoms with E-state index in [4.69, 9.17) is 0 Å². The van der Waals surface area contributed by atoms with E-state index in [0.717, 1.165) is 21.1 Å². The monoisotopic (exact) mass is 622 g/mol. The van der Waals surface area contributed by atoms with Crippen LogP contribution >= 0.6 is 22.7 Å². The molecule has 0 saturated heterocycles. The van der Waals surface area contributed by atoms with E-state index in [2.05, 4.69) is 143 Å². The molecule has 216 valence electrons. The molecule has 46 heavy (non-hydrogen) atoms. The molecule has 2 aromatic heterocycles. The van der Waals surface area contributed by atoms with E-state index in [1.807, 2.05) is 23.2 Å². The maximum Gasteiger partial charge on any atom is 0.123 e. The van der Waals surface area contributed by atoms with Gasteiger partial charge in [-0.15, -0.1) is 22.7 Å². The summed E-state index contributed by atoms with van der Waals surface area (Å²) in [7, 11) is 0. The van der Waals surface area contributed by atoms with Gasteiger partial charge in [-0.05, 0) is 71.8 Å². The second kappa shape index (κ2) is 11.2. The molecule has 0 aliphatic carbocycles. The van der Waals surface area contributed by atoms with Crippen molar-refractivity contribution in [3.63, 3.8) is 0 Å². The molecular formula is C42H26N2S2. The van der Waals surface area contributed by atoms with Crippen molar-refractivity contribution in [1.82, 2.24) is 9.97 Å². The smallest absolute Gasteiger partial charge is 0.123 e. The van der Waals surface area contributed by atoms with E-state index < -0.39 is 0 Å². The Morgan fingerprint density at radius 1 is 0.370 bits per heavy atom. The molecule has 0 spiro atoms. The van der Waals surface area contributed by atoms with E-state index in [-0.39, 0.29) is 0 Å². The average Bonchev–Trinajstić information content (AvgIpc) is 3.87. The van der Waals surface area contributed by atoms with Crippen molar-refractivity contribution in [1.29, 1.82) is 0 Å². The van der Waals surface area contributed by atoms with E-state index in [1.165, 1.54) is 65.7 Å². The highest BCUT2D eigenvalue weighted by Gasteiger charge is 2.18. The third-order valence-corrected chi connectivity index (χ3v) is 10.5. The topological polar surface area (TPSA) is 25.8 Å². The van der Waals surface area contributed by atoms with Crippen molar-refractivity contribution in [3.05, 3.63) is 157 Å². The van der Waals surface area contributed by atoms with Crippen molar-refractivity contribution in [2.24, 2.45) is 0 Å². The molecule has 9 aromatic rings. The van der Waals surface area contributed by atoms with Crippen LogP contribution in [0.1, 0.15) is 0 Å². The van der Waals surface area contributed by atoms with Crippen LogP contribution in [0.25, 0.3) is 86.8 Å². The third kappa shape index (κ3) is 4.54. The Balaban J connectivity index is 1.33. The molecule has 0 bridgehead atoms. The van der Waals surface area contributed by atoms with Crippen molar-refractivity contribution in [2.45, 2.75) is 0 Å². The van der Waals surface area contributed by atoms with Crippen LogP contribution in [0.2, 0.25) is 0 Å². The molecule has 0 fully saturated rings. The van der Waals surface area contributed by atoms with E-state index in [1.54, 1.807) is 22.7 Å². The van der Waals surface area contributed by atoms with Gasteiger partial charge in [0.2, 0.25) is 0 Å². The Morgan fingerprint density at radius 2 is 0.848 bits per heavy atom. The zero-order valence-corrected chi connectivity index (χ0v) is 26.4. The molecule has 0 aliphatic heterocycles. The second-order valence-electron chi connectivity index (χ2n) is 11.4. The highest BCUT2D eigenvalue weighted by molar-refractivity contribution is 7.13. The normalized spacial score (nSPS) is 11.5. The highest BCUT2D eigenvalue weighted by Crippen LogP contribution is 2.46. The summed E-state index contributed by atoms with van der Waals surface area (Å²) in [6, 6.07) is 48.9. The minimum atomic E-state index is 1.04. The molecule has 0 atom stereocenters. The lowest BCUT2D eigenvalue weighted by Gasteiger charge is -2.19. The third-order valence-electron chi connectivity index (χ3n) is 8.83. The van der Waals surface area contributed by atoms with Gasteiger partial charge in [-0.3, -0.25) is 0 Å². The van der Waals surface area contributed by atoms with Crippen LogP contribution in [0.15, 0.2) is 157 Å². The van der Waals surface area contributed by atoms with Gasteiger partial charge >= 0.3 is 0 Å². The molecular weight excluding hydrogens is 597 g/mol. The maximum atomic E-state index is 4.54. The van der Waals surface area contributed by atoms with Gasteiger partial charge in [0, 0.05) is 34.3 Å². The molecule has 4 heteroatoms. The Kier molecular flexibility index (Phi) is 6.55. The number of benzene rings is 7. The Labute approximate surface area is 274 Å². The minimum Gasteiger partial charge on any atom is -0.245 e. The largest absolute Gasteiger partial charge is 0.245 e. The van der Waals surface area contributed by atoms with Gasteiger partial charge in [-0.1, -0.05) is 127 Å². The Morgan fingerprint density at radius 3 is 1.43 bits per heavy atom. The predicted octanol–water partition coefficient (Wildman–Crippen LogP) is 12.4. The van der Waals surface area contributed by atoms with Crippen molar-refractivity contribution in [2.75, 3.05) is 0 Å². The van der Waals surface area contributed by atoms with Crippen molar-refractivity contribution in [3.8, 4) is 54.5 Å². The van der Waals surface area contributed by atoms with Gasteiger partial charge in [0.25, 0.3) is 0 Å². The first kappa shape index (κ1) is 26.9. The number of rotatable bonds is 5. The van der Waals surface area contributed by atoms with Crippen LogP contribution in [-0.2, 0) is 0 Å². The number of hydrogen-bond donors (Lipinski definition) is 0. The summed E-state index contributed by atoms with van der Waals surface area (Å²) in [6.45, 7) is 0. The summed E-state index contributed by atoms with van der Waals surface area (Å²) in [5.74, 6) is 0. The molecule has 7 aromatic carbocycles. The van der Waals surface area contributed by atoms with Gasteiger partial charge in [0.15, 0.2) is 0 Å². The standard InChI is InChI=1S/C42H26N2S2/c1-2-8-33-27(6-1)7-5-11-34(33)32-20-21-37-38(26-32)40(29-14-18-31(19-15-29)42-44-23-25-46-42)36-10-4-3-9-35(36)39(37)28-12-16-30(17-13-28)41-43-22-24-45-41/h1-26H. The number of fused-ring (bicyclic) bond motifs is 3. The molecule has 2 heterocycles. The van der Waals surface area contributed by atoms with Gasteiger partial charge in [0.1, 0.15) is 10.0 Å². The first-order valence-electron chi connectivity index (χ1n) is 15.3. The summed E-state index contributed by atoms with van der Waals surface area (Å²) in [5.41, 5.74) is 9.64. The number of hydrogen-bond acceptors (Lipinski definition) is 4. The van der Waals surface area contributed by atoms with Crippen LogP contribution in [0.5, 0.6) is 0 Å². The van der Waals surface area contributed by atoms with Gasteiger partial charge in [-0.2, -0.15) is 0 Å². The second-order valence-corrected chi connectivity index (χ2v) is 13.2. The van der Waals surface area contributed by atoms with E-state index in [0.29, 0.717) is 0 Å². The van der Waals surface area contributed by atoms with Crippen LogP contribution in [0.4, 0.5) is 0 Å². The quantitative estimate of drug-likeness (QED) is 0.178. The first-order valence-corrected chi connectivity index (χ1v) is 17.0. The molecule has 9 rings (SSSR count). The van der Waals surface area contributed by atoms with Crippen molar-refractivity contribution < 1.29 is 0 Å². The lowest BCUT2D eigenvalue weighted by molar-refractivity contribution is 1.41. The summed E-state index contributed by atoms with van der Waals surface area (Å²) in [5, 5.41) is 13.6. The first-order chi connectivity index (χ1) is 22.8. The van der Waals surface area contributed by atoms with Crippen LogP contribution in [0, 0.1) is 0 Å². The number of aromatic nitrogens is 2. The highest BCUT2D eigenvalue weighted by atomic mass is 32.1. The molecule has 0 N–H and O–H groups in total. The van der Waals surface area contributed by atoms with Crippen molar-refractivity contribution >= 4 is 55.0 Å². The van der Waals surface area contributed by atoms with Gasteiger partial charge < -0.3 is 0 Å². The maximum absolute atomic E-state index is 4.54. The summed E-state index contributed by atoms with van der Waals surface area (Å²) < 4.78 is 0. The van der Waals surface area contributed by atoms with E-state index >= 15 is 0 Å². The van der Waals surface area contributed by atoms with Crippen LogP contribution in [-0.4, -0.2) is 9.97 Å². The van der Waals surface area contributed by atoms with Gasteiger partial charge in [-0.25, -0.2) is 9.97 Å². The molecule has 0 amide bonds. The Hall–Kier alpha value is -5.42. The summed E-state index contributed by atoms with van der Waals surface area (Å²) in [6.07, 6.45) is 3.73. The van der Waals surface area contributed by atoms with Gasteiger partial charge in [0.05, 0.1) is 0 Å². The average molecular weight is 623 g/mol. The Bertz CT molecular complexity index is 2490. The molecule has 0 aliphatic rings.